The zero-order chi connectivity index (χ0) is 15.9. The Hall–Kier alpha value is -0.550. The number of likely N-dealkylation sites (N-methyl/N-ethyl adjacent to an activating group) is 1. The largest absolute Gasteiger partial charge is 0.406 e. The van der Waals surface area contributed by atoms with Crippen LogP contribution < -0.4 is 5.32 Å². The van der Waals surface area contributed by atoms with Gasteiger partial charge in [0, 0.05) is 14.1 Å². The van der Waals surface area contributed by atoms with Gasteiger partial charge < -0.3 is 25.2 Å². The van der Waals surface area contributed by atoms with Crippen molar-refractivity contribution >= 4 is 16.9 Å². The summed E-state index contributed by atoms with van der Waals surface area (Å²) >= 11 is 1.14. The first-order valence-electron chi connectivity index (χ1n) is 6.34. The number of hydrogen-bond acceptors (Lipinski definition) is 7. The number of aliphatic imine (C=N–C) groups is 1. The molecule has 2 heterocycles. The molecule has 0 bridgehead atoms. The van der Waals surface area contributed by atoms with Crippen molar-refractivity contribution in [1.82, 2.24) is 10.2 Å². The van der Waals surface area contributed by atoms with Crippen molar-refractivity contribution in [2.24, 2.45) is 4.99 Å². The molecule has 0 aliphatic carbocycles. The summed E-state index contributed by atoms with van der Waals surface area (Å²) in [6.07, 6.45) is -9.26. The van der Waals surface area contributed by atoms with Crippen molar-refractivity contribution < 1.29 is 28.1 Å². The van der Waals surface area contributed by atoms with Crippen LogP contribution in [-0.2, 0) is 4.74 Å². The lowest BCUT2D eigenvalue weighted by Gasteiger charge is -2.41. The summed E-state index contributed by atoms with van der Waals surface area (Å²) < 4.78 is 44.3. The molecule has 3 N–H and O–H groups in total. The van der Waals surface area contributed by atoms with E-state index in [-0.39, 0.29) is 0 Å². The molecule has 0 amide bonds. The van der Waals surface area contributed by atoms with Gasteiger partial charge in [-0.15, -0.1) is 0 Å². The van der Waals surface area contributed by atoms with Gasteiger partial charge in [-0.25, -0.2) is 0 Å². The Balaban J connectivity index is 2.20. The average molecular weight is 329 g/mol. The smallest absolute Gasteiger partial charge is 0.388 e. The maximum Gasteiger partial charge on any atom is 0.406 e. The summed E-state index contributed by atoms with van der Waals surface area (Å²) in [6, 6.07) is -2.84. The topological polar surface area (TPSA) is 77.3 Å². The van der Waals surface area contributed by atoms with Gasteiger partial charge in [-0.05, 0) is 7.05 Å². The number of nitrogens with zero attached hydrogens (tertiary/aromatic N) is 2. The van der Waals surface area contributed by atoms with Gasteiger partial charge in [-0.3, -0.25) is 4.99 Å². The highest BCUT2D eigenvalue weighted by Gasteiger charge is 2.56. The van der Waals surface area contributed by atoms with Gasteiger partial charge in [0.05, 0.1) is 0 Å². The summed E-state index contributed by atoms with van der Waals surface area (Å²) in [6.45, 7) is 0. The molecule has 0 aromatic rings. The van der Waals surface area contributed by atoms with E-state index in [1.807, 2.05) is 0 Å². The Morgan fingerprint density at radius 3 is 2.43 bits per heavy atom. The highest BCUT2D eigenvalue weighted by Crippen LogP contribution is 2.39. The van der Waals surface area contributed by atoms with E-state index in [0.717, 1.165) is 18.8 Å². The maximum absolute atomic E-state index is 13.0. The van der Waals surface area contributed by atoms with Crippen LogP contribution in [0.5, 0.6) is 0 Å². The van der Waals surface area contributed by atoms with E-state index in [0.29, 0.717) is 5.17 Å². The molecule has 0 saturated carbocycles. The normalized spacial score (nSPS) is 37.9. The molecule has 0 aromatic carbocycles. The number of rotatable bonds is 2. The Bertz CT molecular complexity index is 421. The quantitative estimate of drug-likeness (QED) is 0.641. The van der Waals surface area contributed by atoms with Crippen LogP contribution in [0, 0.1) is 0 Å². The number of aliphatic hydroxyl groups excluding tert-OH is 2. The van der Waals surface area contributed by atoms with Crippen molar-refractivity contribution in [2.75, 3.05) is 21.1 Å². The minimum Gasteiger partial charge on any atom is -0.388 e. The number of nitrogens with one attached hydrogen (secondary N) is 1. The first-order valence-corrected chi connectivity index (χ1v) is 7.22. The molecular formula is C11H18F3N3O3S. The monoisotopic (exact) mass is 329 g/mol. The molecule has 6 atom stereocenters. The molecule has 1 saturated heterocycles. The van der Waals surface area contributed by atoms with Crippen LogP contribution in [0.15, 0.2) is 4.99 Å². The van der Waals surface area contributed by atoms with Gasteiger partial charge in [0.15, 0.2) is 5.17 Å². The third-order valence-electron chi connectivity index (χ3n) is 3.46. The van der Waals surface area contributed by atoms with Crippen molar-refractivity contribution in [1.29, 1.82) is 0 Å². The fourth-order valence-electron chi connectivity index (χ4n) is 2.38. The van der Waals surface area contributed by atoms with Crippen molar-refractivity contribution in [3.63, 3.8) is 0 Å². The average Bonchev–Trinajstić information content (AvgIpc) is 2.78. The number of ether oxygens (including phenoxy) is 1. The Labute approximate surface area is 124 Å². The zero-order valence-electron chi connectivity index (χ0n) is 11.7. The lowest BCUT2D eigenvalue weighted by atomic mass is 9.93. The molecule has 122 valence electrons. The molecule has 0 spiro atoms. The van der Waals surface area contributed by atoms with Crippen LogP contribution in [0.25, 0.3) is 0 Å². The van der Waals surface area contributed by atoms with Crippen LogP contribution in [0.1, 0.15) is 0 Å². The van der Waals surface area contributed by atoms with Crippen molar-refractivity contribution in [2.45, 2.75) is 42.0 Å². The van der Waals surface area contributed by atoms with Gasteiger partial charge in [0.2, 0.25) is 0 Å². The zero-order valence-corrected chi connectivity index (χ0v) is 12.5. The molecule has 0 aromatic heterocycles. The van der Waals surface area contributed by atoms with E-state index in [9.17, 15) is 23.4 Å². The highest BCUT2D eigenvalue weighted by atomic mass is 32.2. The van der Waals surface area contributed by atoms with Crippen LogP contribution in [0.3, 0.4) is 0 Å². The SMILES string of the molecule is CN[C@H]([C@@H]1O[C@@H]2SC(N(C)C)=N[C@@H]2[C@@H](O)[C@@H]1O)C(F)(F)F. The Morgan fingerprint density at radius 2 is 1.95 bits per heavy atom. The lowest BCUT2D eigenvalue weighted by molar-refractivity contribution is -0.228. The maximum atomic E-state index is 13.0. The summed E-state index contributed by atoms with van der Waals surface area (Å²) in [5.41, 5.74) is -0.746. The van der Waals surface area contributed by atoms with Gasteiger partial charge in [0.25, 0.3) is 0 Å². The van der Waals surface area contributed by atoms with Crippen LogP contribution in [0.2, 0.25) is 0 Å². The predicted molar refractivity (Wildman–Crippen MR) is 72.1 cm³/mol. The van der Waals surface area contributed by atoms with Crippen molar-refractivity contribution in [3.05, 3.63) is 0 Å². The van der Waals surface area contributed by atoms with Crippen LogP contribution >= 0.6 is 11.8 Å². The van der Waals surface area contributed by atoms with E-state index >= 15 is 0 Å². The van der Waals surface area contributed by atoms with E-state index in [4.69, 9.17) is 4.74 Å². The number of fused-ring (bicyclic) bond motifs is 1. The van der Waals surface area contributed by atoms with Crippen LogP contribution in [0.4, 0.5) is 13.2 Å². The molecule has 2 rings (SSSR count). The fourth-order valence-corrected chi connectivity index (χ4v) is 3.53. The highest BCUT2D eigenvalue weighted by molar-refractivity contribution is 8.14. The Morgan fingerprint density at radius 1 is 1.33 bits per heavy atom. The molecule has 2 aliphatic rings. The first kappa shape index (κ1) is 16.8. The second-order valence-electron chi connectivity index (χ2n) is 5.17. The van der Waals surface area contributed by atoms with Gasteiger partial charge >= 0.3 is 6.18 Å². The van der Waals surface area contributed by atoms with Gasteiger partial charge in [-0.2, -0.15) is 13.2 Å². The number of aliphatic hydroxyl groups is 2. The van der Waals surface area contributed by atoms with E-state index in [1.165, 1.54) is 0 Å². The number of hydrogen-bond donors (Lipinski definition) is 3. The summed E-state index contributed by atoms with van der Waals surface area (Å²) in [7, 11) is 4.60. The molecule has 0 radical (unpaired) electrons. The summed E-state index contributed by atoms with van der Waals surface area (Å²) in [5.74, 6) is 0. The van der Waals surface area contributed by atoms with Crippen LogP contribution in [-0.4, -0.2) is 83.4 Å². The third kappa shape index (κ3) is 3.14. The van der Waals surface area contributed by atoms with E-state index < -0.39 is 42.0 Å². The minimum atomic E-state index is -4.60. The summed E-state index contributed by atoms with van der Waals surface area (Å²) in [4.78, 5) is 5.87. The van der Waals surface area contributed by atoms with Gasteiger partial charge in [0.1, 0.15) is 35.8 Å². The molecule has 10 heteroatoms. The summed E-state index contributed by atoms with van der Waals surface area (Å²) in [5, 5.41) is 22.7. The molecular weight excluding hydrogens is 311 g/mol. The molecule has 0 unspecified atom stereocenters. The fraction of sp³-hybridized carbons (Fsp3) is 0.909. The second kappa shape index (κ2) is 5.92. The van der Waals surface area contributed by atoms with Crippen molar-refractivity contribution in [3.8, 4) is 0 Å². The third-order valence-corrected chi connectivity index (χ3v) is 4.77. The van der Waals surface area contributed by atoms with E-state index in [2.05, 4.69) is 10.3 Å². The number of thioether (sulfide) groups is 1. The van der Waals surface area contributed by atoms with Gasteiger partial charge in [-0.1, -0.05) is 11.8 Å². The number of halogens is 3. The number of alkyl halides is 3. The second-order valence-corrected chi connectivity index (χ2v) is 6.24. The molecule has 6 nitrogen and oxygen atoms in total. The lowest BCUT2D eigenvalue weighted by Crippen LogP contribution is -2.64. The number of amidine groups is 1. The molecule has 21 heavy (non-hydrogen) atoms. The standard InChI is InChI=1S/C11H18F3N3O3S/c1-15-8(11(12,13)14)7-6(19)5(18)4-9(20-7)21-10(16-4)17(2)3/h4-9,15,18-19H,1-3H3/t4-,5-,6+,7-,8-,9-/m1/s1. The van der Waals surface area contributed by atoms with E-state index in [1.54, 1.807) is 19.0 Å². The molecule has 1 fully saturated rings. The first-order chi connectivity index (χ1) is 9.66. The Kier molecular flexibility index (Phi) is 4.74. The predicted octanol–water partition coefficient (Wildman–Crippen LogP) is -0.384. The minimum absolute atomic E-state index is 0.546. The molecule has 2 aliphatic heterocycles.